The van der Waals surface area contributed by atoms with Crippen LogP contribution in [0.2, 0.25) is 0 Å². The van der Waals surface area contributed by atoms with Gasteiger partial charge in [0.1, 0.15) is 0 Å². The molecule has 0 radical (unpaired) electrons. The molecule has 0 aliphatic rings. The molecule has 2 rings (SSSR count). The molecule has 1 amide bonds. The molecule has 0 unspecified atom stereocenters. The van der Waals surface area contributed by atoms with E-state index in [1.807, 2.05) is 0 Å². The lowest BCUT2D eigenvalue weighted by Gasteiger charge is -2.13. The molecule has 2 aromatic rings. The van der Waals surface area contributed by atoms with Gasteiger partial charge in [-0.2, -0.15) is 13.2 Å². The fraction of sp³-hybridized carbons (Fsp3) is 0.200. The Balaban J connectivity index is 1.92. The van der Waals surface area contributed by atoms with Crippen molar-refractivity contribution >= 4 is 23.6 Å². The van der Waals surface area contributed by atoms with E-state index < -0.39 is 29.7 Å². The maximum Gasteiger partial charge on any atom is 0.416 e. The summed E-state index contributed by atoms with van der Waals surface area (Å²) < 4.78 is 47.5. The Kier molecular flexibility index (Phi) is 6.87. The lowest BCUT2D eigenvalue weighted by molar-refractivity contribution is -0.148. The molecule has 2 N–H and O–H groups in total. The van der Waals surface area contributed by atoms with E-state index in [1.54, 1.807) is 6.07 Å². The van der Waals surface area contributed by atoms with E-state index in [-0.39, 0.29) is 17.2 Å². The zero-order valence-corrected chi connectivity index (χ0v) is 15.5. The number of halogens is 3. The second-order valence-corrected chi connectivity index (χ2v) is 5.91. The molecule has 0 spiro atoms. The number of carbonyl (C=O) groups excluding carboxylic acids is 2. The first-order valence-corrected chi connectivity index (χ1v) is 8.34. The van der Waals surface area contributed by atoms with E-state index in [4.69, 9.17) is 9.47 Å². The minimum atomic E-state index is -4.47. The Morgan fingerprint density at radius 1 is 1.14 bits per heavy atom. The molecule has 0 aromatic heterocycles. The predicted molar refractivity (Wildman–Crippen MR) is 99.3 cm³/mol. The smallest absolute Gasteiger partial charge is 0.416 e. The van der Waals surface area contributed by atoms with Crippen LogP contribution in [-0.4, -0.2) is 30.2 Å². The summed E-state index contributed by atoms with van der Waals surface area (Å²) in [5.41, 5.74) is -0.151. The number of ether oxygens (including phenoxy) is 2. The van der Waals surface area contributed by atoms with Gasteiger partial charge >= 0.3 is 12.1 Å². The molecule has 0 saturated heterocycles. The molecule has 0 heterocycles. The minimum Gasteiger partial charge on any atom is -0.504 e. The number of phenols is 1. The highest BCUT2D eigenvalue weighted by Crippen LogP contribution is 2.30. The maximum absolute atomic E-state index is 12.5. The molecular formula is C20H18F3NO5. The SMILES string of the molecule is COc1cc(/C=C\C(=O)O[C@@H](C)C(=O)Nc2ccc(C(F)(F)F)cc2)ccc1O. The van der Waals surface area contributed by atoms with Crippen LogP contribution >= 0.6 is 0 Å². The number of carbonyl (C=O) groups is 2. The number of benzene rings is 2. The van der Waals surface area contributed by atoms with Gasteiger partial charge < -0.3 is 19.9 Å². The van der Waals surface area contributed by atoms with Gasteiger partial charge in [-0.05, 0) is 55.0 Å². The lowest BCUT2D eigenvalue weighted by Crippen LogP contribution is -2.29. The van der Waals surface area contributed by atoms with Gasteiger partial charge in [0.05, 0.1) is 12.7 Å². The highest BCUT2D eigenvalue weighted by molar-refractivity contribution is 5.96. The van der Waals surface area contributed by atoms with E-state index in [0.29, 0.717) is 5.56 Å². The zero-order chi connectivity index (χ0) is 21.6. The van der Waals surface area contributed by atoms with Gasteiger partial charge in [-0.1, -0.05) is 6.07 Å². The Hall–Kier alpha value is -3.49. The molecule has 0 aliphatic carbocycles. The van der Waals surface area contributed by atoms with Crippen molar-refractivity contribution < 1.29 is 37.3 Å². The summed E-state index contributed by atoms with van der Waals surface area (Å²) >= 11 is 0. The molecule has 2 aromatic carbocycles. The predicted octanol–water partition coefficient (Wildman–Crippen LogP) is 4.00. The van der Waals surface area contributed by atoms with Crippen LogP contribution in [0, 0.1) is 0 Å². The lowest BCUT2D eigenvalue weighted by atomic mass is 10.2. The van der Waals surface area contributed by atoms with Gasteiger partial charge in [0, 0.05) is 11.8 Å². The van der Waals surface area contributed by atoms with Gasteiger partial charge in [0.2, 0.25) is 0 Å². The van der Waals surface area contributed by atoms with Gasteiger partial charge in [0.15, 0.2) is 17.6 Å². The van der Waals surface area contributed by atoms with Gasteiger partial charge in [-0.15, -0.1) is 0 Å². The third kappa shape index (κ3) is 6.27. The molecule has 29 heavy (non-hydrogen) atoms. The number of phenolic OH excluding ortho intramolecular Hbond substituents is 1. The monoisotopic (exact) mass is 409 g/mol. The van der Waals surface area contributed by atoms with E-state index >= 15 is 0 Å². The van der Waals surface area contributed by atoms with Crippen molar-refractivity contribution in [2.45, 2.75) is 19.2 Å². The third-order valence-electron chi connectivity index (χ3n) is 3.76. The number of amides is 1. The van der Waals surface area contributed by atoms with E-state index in [0.717, 1.165) is 30.3 Å². The molecule has 0 fully saturated rings. The van der Waals surface area contributed by atoms with Crippen LogP contribution in [0.15, 0.2) is 48.5 Å². The van der Waals surface area contributed by atoms with E-state index in [2.05, 4.69) is 5.32 Å². The summed E-state index contributed by atoms with van der Waals surface area (Å²) in [6.07, 6.45) is -3.15. The topological polar surface area (TPSA) is 84.9 Å². The molecule has 0 aliphatic heterocycles. The molecule has 0 saturated carbocycles. The van der Waals surface area contributed by atoms with Crippen molar-refractivity contribution in [1.82, 2.24) is 0 Å². The number of hydrogen-bond acceptors (Lipinski definition) is 5. The van der Waals surface area contributed by atoms with Crippen LogP contribution in [0.5, 0.6) is 11.5 Å². The average Bonchev–Trinajstić information content (AvgIpc) is 2.67. The summed E-state index contributed by atoms with van der Waals surface area (Å²) in [6.45, 7) is 1.33. The first-order chi connectivity index (χ1) is 13.6. The Labute approximate surface area is 164 Å². The largest absolute Gasteiger partial charge is 0.504 e. The number of rotatable bonds is 6. The van der Waals surface area contributed by atoms with Gasteiger partial charge in [-0.3, -0.25) is 4.79 Å². The Morgan fingerprint density at radius 3 is 2.38 bits per heavy atom. The third-order valence-corrected chi connectivity index (χ3v) is 3.76. The van der Waals surface area contributed by atoms with E-state index in [1.165, 1.54) is 32.2 Å². The van der Waals surface area contributed by atoms with Crippen molar-refractivity contribution in [2.24, 2.45) is 0 Å². The van der Waals surface area contributed by atoms with Crippen molar-refractivity contribution in [1.29, 1.82) is 0 Å². The standard InChI is InChI=1S/C20H18F3NO5/c1-12(19(27)24-15-7-5-14(6-8-15)20(21,22)23)29-18(26)10-4-13-3-9-16(25)17(11-13)28-2/h3-12,25H,1-2H3,(H,24,27)/b10-4-/t12-/m0/s1. The van der Waals surface area contributed by atoms with Crippen molar-refractivity contribution in [3.05, 3.63) is 59.7 Å². The number of nitrogens with one attached hydrogen (secondary N) is 1. The van der Waals surface area contributed by atoms with Crippen LogP contribution in [-0.2, 0) is 20.5 Å². The fourth-order valence-electron chi connectivity index (χ4n) is 2.22. The van der Waals surface area contributed by atoms with Gasteiger partial charge in [-0.25, -0.2) is 4.79 Å². The summed E-state index contributed by atoms with van der Waals surface area (Å²) in [6, 6.07) is 8.31. The molecule has 6 nitrogen and oxygen atoms in total. The highest BCUT2D eigenvalue weighted by Gasteiger charge is 2.30. The van der Waals surface area contributed by atoms with Crippen molar-refractivity contribution in [3.8, 4) is 11.5 Å². The quantitative estimate of drug-likeness (QED) is 0.557. The minimum absolute atomic E-state index is 0.0548. The molecule has 0 bridgehead atoms. The number of hydrogen-bond donors (Lipinski definition) is 2. The number of methoxy groups -OCH3 is 1. The number of alkyl halides is 3. The maximum atomic E-state index is 12.5. The number of anilines is 1. The second kappa shape index (κ2) is 9.13. The first kappa shape index (κ1) is 21.8. The first-order valence-electron chi connectivity index (χ1n) is 8.34. The summed E-state index contributed by atoms with van der Waals surface area (Å²) in [7, 11) is 1.38. The van der Waals surface area contributed by atoms with Crippen molar-refractivity contribution in [2.75, 3.05) is 12.4 Å². The number of esters is 1. The molecular weight excluding hydrogens is 391 g/mol. The van der Waals surface area contributed by atoms with Crippen LogP contribution < -0.4 is 10.1 Å². The summed E-state index contributed by atoms with van der Waals surface area (Å²) in [5.74, 6) is -1.32. The normalized spacial score (nSPS) is 12.4. The Morgan fingerprint density at radius 2 is 1.79 bits per heavy atom. The van der Waals surface area contributed by atoms with E-state index in [9.17, 15) is 27.9 Å². The fourth-order valence-corrected chi connectivity index (χ4v) is 2.22. The molecule has 154 valence electrons. The van der Waals surface area contributed by atoms with Crippen LogP contribution in [0.4, 0.5) is 18.9 Å². The second-order valence-electron chi connectivity index (χ2n) is 5.91. The highest BCUT2D eigenvalue weighted by atomic mass is 19.4. The zero-order valence-electron chi connectivity index (χ0n) is 15.5. The van der Waals surface area contributed by atoms with Crippen LogP contribution in [0.3, 0.4) is 0 Å². The summed E-state index contributed by atoms with van der Waals surface area (Å²) in [4.78, 5) is 23.9. The number of aromatic hydroxyl groups is 1. The van der Waals surface area contributed by atoms with Crippen LogP contribution in [0.1, 0.15) is 18.1 Å². The van der Waals surface area contributed by atoms with Crippen molar-refractivity contribution in [3.63, 3.8) is 0 Å². The molecule has 1 atom stereocenters. The van der Waals surface area contributed by atoms with Crippen LogP contribution in [0.25, 0.3) is 6.08 Å². The Bertz CT molecular complexity index is 907. The summed E-state index contributed by atoms with van der Waals surface area (Å²) in [5, 5.41) is 11.9. The van der Waals surface area contributed by atoms with Gasteiger partial charge in [0.25, 0.3) is 5.91 Å². The molecule has 9 heteroatoms. The average molecular weight is 409 g/mol.